The molecular formula is C24H24N2O3. The molecule has 2 N–H and O–H groups in total. The van der Waals surface area contributed by atoms with Crippen LogP contribution in [0, 0.1) is 13.8 Å². The fraction of sp³-hybridized carbons (Fsp3) is 0.167. The number of hydrogen-bond acceptors (Lipinski definition) is 3. The standard InChI is InChI=1S/C24H24N2O3/c1-16-8-4-6-10-21(16)25-23(27)18(3)29-20-14-12-19(13-15-20)24(28)26-22-11-7-5-9-17(22)2/h4-15,18H,1-3H3,(H,25,27)(H,26,28)/t18-/m0/s1. The lowest BCUT2D eigenvalue weighted by atomic mass is 10.1. The van der Waals surface area contributed by atoms with E-state index in [4.69, 9.17) is 4.74 Å². The van der Waals surface area contributed by atoms with Gasteiger partial charge in [-0.2, -0.15) is 0 Å². The van der Waals surface area contributed by atoms with E-state index in [1.54, 1.807) is 31.2 Å². The molecule has 0 aromatic heterocycles. The number of rotatable bonds is 6. The van der Waals surface area contributed by atoms with Gasteiger partial charge in [0, 0.05) is 16.9 Å². The summed E-state index contributed by atoms with van der Waals surface area (Å²) in [6.07, 6.45) is -0.679. The Kier molecular flexibility index (Phi) is 6.29. The van der Waals surface area contributed by atoms with Crippen LogP contribution in [0.3, 0.4) is 0 Å². The van der Waals surface area contributed by atoms with Crippen LogP contribution < -0.4 is 15.4 Å². The number of ether oxygens (including phenoxy) is 1. The number of carbonyl (C=O) groups excluding carboxylic acids is 2. The van der Waals surface area contributed by atoms with Gasteiger partial charge in [-0.3, -0.25) is 9.59 Å². The Labute approximate surface area is 170 Å². The highest BCUT2D eigenvalue weighted by atomic mass is 16.5. The van der Waals surface area contributed by atoms with Gasteiger partial charge in [-0.05, 0) is 68.3 Å². The largest absolute Gasteiger partial charge is 0.481 e. The summed E-state index contributed by atoms with van der Waals surface area (Å²) in [5.41, 5.74) is 4.03. The number of hydrogen-bond donors (Lipinski definition) is 2. The van der Waals surface area contributed by atoms with E-state index in [9.17, 15) is 9.59 Å². The molecule has 3 aromatic rings. The van der Waals surface area contributed by atoms with Crippen LogP contribution in [0.5, 0.6) is 5.75 Å². The monoisotopic (exact) mass is 388 g/mol. The second-order valence-electron chi connectivity index (χ2n) is 6.86. The van der Waals surface area contributed by atoms with Crippen LogP contribution in [0.25, 0.3) is 0 Å². The average molecular weight is 388 g/mol. The van der Waals surface area contributed by atoms with Gasteiger partial charge >= 0.3 is 0 Å². The van der Waals surface area contributed by atoms with Gasteiger partial charge in [0.15, 0.2) is 6.10 Å². The van der Waals surface area contributed by atoms with Gasteiger partial charge in [0.05, 0.1) is 0 Å². The van der Waals surface area contributed by atoms with E-state index >= 15 is 0 Å². The fourth-order valence-corrected chi connectivity index (χ4v) is 2.80. The van der Waals surface area contributed by atoms with Crippen LogP contribution in [-0.4, -0.2) is 17.9 Å². The van der Waals surface area contributed by atoms with Gasteiger partial charge in [0.1, 0.15) is 5.75 Å². The first kappa shape index (κ1) is 20.1. The third-order valence-electron chi connectivity index (χ3n) is 4.59. The second-order valence-corrected chi connectivity index (χ2v) is 6.86. The predicted molar refractivity (Wildman–Crippen MR) is 115 cm³/mol. The number of carbonyl (C=O) groups is 2. The molecule has 0 radical (unpaired) electrons. The molecule has 3 aromatic carbocycles. The van der Waals surface area contributed by atoms with Gasteiger partial charge < -0.3 is 15.4 Å². The van der Waals surface area contributed by atoms with E-state index < -0.39 is 6.10 Å². The summed E-state index contributed by atoms with van der Waals surface area (Å²) >= 11 is 0. The molecule has 0 saturated carbocycles. The zero-order valence-electron chi connectivity index (χ0n) is 16.7. The van der Waals surface area contributed by atoms with E-state index in [1.165, 1.54) is 0 Å². The Hall–Kier alpha value is -3.60. The summed E-state index contributed by atoms with van der Waals surface area (Å²) < 4.78 is 5.72. The lowest BCUT2D eigenvalue weighted by Gasteiger charge is -2.16. The Morgan fingerprint density at radius 1 is 0.759 bits per heavy atom. The van der Waals surface area contributed by atoms with Gasteiger partial charge in [-0.1, -0.05) is 36.4 Å². The van der Waals surface area contributed by atoms with Crippen molar-refractivity contribution in [2.24, 2.45) is 0 Å². The number of benzene rings is 3. The normalized spacial score (nSPS) is 11.4. The molecule has 0 aliphatic heterocycles. The van der Waals surface area contributed by atoms with Crippen molar-refractivity contribution < 1.29 is 14.3 Å². The van der Waals surface area contributed by atoms with Gasteiger partial charge in [-0.15, -0.1) is 0 Å². The summed E-state index contributed by atoms with van der Waals surface area (Å²) in [7, 11) is 0. The SMILES string of the molecule is Cc1ccccc1NC(=O)c1ccc(O[C@@H](C)C(=O)Nc2ccccc2C)cc1. The zero-order valence-corrected chi connectivity index (χ0v) is 16.7. The molecule has 1 atom stereocenters. The first-order valence-electron chi connectivity index (χ1n) is 9.44. The van der Waals surface area contributed by atoms with E-state index in [0.29, 0.717) is 11.3 Å². The maximum Gasteiger partial charge on any atom is 0.265 e. The number of anilines is 2. The van der Waals surface area contributed by atoms with Crippen molar-refractivity contribution in [2.45, 2.75) is 26.9 Å². The Morgan fingerprint density at radius 2 is 1.28 bits per heavy atom. The molecule has 0 heterocycles. The Balaban J connectivity index is 1.59. The minimum atomic E-state index is -0.679. The molecule has 148 valence electrons. The third kappa shape index (κ3) is 5.23. The summed E-state index contributed by atoms with van der Waals surface area (Å²) in [6.45, 7) is 5.56. The van der Waals surface area contributed by atoms with Crippen molar-refractivity contribution in [3.05, 3.63) is 89.5 Å². The van der Waals surface area contributed by atoms with Crippen LogP contribution in [0.1, 0.15) is 28.4 Å². The summed E-state index contributed by atoms with van der Waals surface area (Å²) in [5.74, 6) is 0.0849. The first-order chi connectivity index (χ1) is 13.9. The third-order valence-corrected chi connectivity index (χ3v) is 4.59. The van der Waals surface area contributed by atoms with Crippen molar-refractivity contribution >= 4 is 23.2 Å². The molecule has 0 aliphatic carbocycles. The molecule has 0 unspecified atom stereocenters. The van der Waals surface area contributed by atoms with Crippen LogP contribution in [0.15, 0.2) is 72.8 Å². The summed E-state index contributed by atoms with van der Waals surface area (Å²) in [5, 5.41) is 5.76. The van der Waals surface area contributed by atoms with Gasteiger partial charge in [0.25, 0.3) is 11.8 Å². The van der Waals surface area contributed by atoms with Crippen molar-refractivity contribution in [1.29, 1.82) is 0 Å². The van der Waals surface area contributed by atoms with Crippen molar-refractivity contribution in [2.75, 3.05) is 10.6 Å². The highest BCUT2D eigenvalue weighted by Crippen LogP contribution is 2.19. The molecule has 2 amide bonds. The minimum absolute atomic E-state index is 0.198. The predicted octanol–water partition coefficient (Wildman–Crippen LogP) is 4.96. The highest BCUT2D eigenvalue weighted by molar-refractivity contribution is 6.04. The lowest BCUT2D eigenvalue weighted by Crippen LogP contribution is -2.30. The average Bonchev–Trinajstić information content (AvgIpc) is 2.72. The zero-order chi connectivity index (χ0) is 20.8. The van der Waals surface area contributed by atoms with Gasteiger partial charge in [0.2, 0.25) is 0 Å². The highest BCUT2D eigenvalue weighted by Gasteiger charge is 2.16. The van der Waals surface area contributed by atoms with Crippen molar-refractivity contribution in [3.8, 4) is 5.75 Å². The number of nitrogens with one attached hydrogen (secondary N) is 2. The molecule has 5 nitrogen and oxygen atoms in total. The Morgan fingerprint density at radius 3 is 1.83 bits per heavy atom. The number of aryl methyl sites for hydroxylation is 2. The van der Waals surface area contributed by atoms with E-state index in [-0.39, 0.29) is 11.8 Å². The maximum atomic E-state index is 12.4. The first-order valence-corrected chi connectivity index (χ1v) is 9.44. The topological polar surface area (TPSA) is 67.4 Å². The lowest BCUT2D eigenvalue weighted by molar-refractivity contribution is -0.122. The van der Waals surface area contributed by atoms with Crippen LogP contribution >= 0.6 is 0 Å². The van der Waals surface area contributed by atoms with E-state index in [1.807, 2.05) is 62.4 Å². The summed E-state index contributed by atoms with van der Waals surface area (Å²) in [4.78, 5) is 24.8. The molecule has 0 fully saturated rings. The number of para-hydroxylation sites is 2. The number of amides is 2. The van der Waals surface area contributed by atoms with Gasteiger partial charge in [-0.25, -0.2) is 0 Å². The quantitative estimate of drug-likeness (QED) is 0.627. The van der Waals surface area contributed by atoms with E-state index in [0.717, 1.165) is 22.5 Å². The van der Waals surface area contributed by atoms with Crippen LogP contribution in [0.4, 0.5) is 11.4 Å². The second kappa shape index (κ2) is 9.06. The molecule has 0 saturated heterocycles. The molecule has 5 heteroatoms. The molecule has 0 spiro atoms. The fourth-order valence-electron chi connectivity index (χ4n) is 2.80. The molecule has 0 bridgehead atoms. The van der Waals surface area contributed by atoms with Crippen LogP contribution in [-0.2, 0) is 4.79 Å². The molecule has 3 rings (SSSR count). The molecular weight excluding hydrogens is 364 g/mol. The minimum Gasteiger partial charge on any atom is -0.481 e. The van der Waals surface area contributed by atoms with E-state index in [2.05, 4.69) is 10.6 Å². The Bertz CT molecular complexity index is 1010. The maximum absolute atomic E-state index is 12.4. The smallest absolute Gasteiger partial charge is 0.265 e. The van der Waals surface area contributed by atoms with Crippen molar-refractivity contribution in [3.63, 3.8) is 0 Å². The molecule has 29 heavy (non-hydrogen) atoms. The summed E-state index contributed by atoms with van der Waals surface area (Å²) in [6, 6.07) is 21.9. The molecule has 0 aliphatic rings. The van der Waals surface area contributed by atoms with Crippen LogP contribution in [0.2, 0.25) is 0 Å². The van der Waals surface area contributed by atoms with Crippen molar-refractivity contribution in [1.82, 2.24) is 0 Å².